The van der Waals surface area contributed by atoms with E-state index in [2.05, 4.69) is 6.92 Å². The molecule has 1 aliphatic rings. The van der Waals surface area contributed by atoms with Gasteiger partial charge in [-0.25, -0.2) is 0 Å². The van der Waals surface area contributed by atoms with E-state index in [-0.39, 0.29) is 12.3 Å². The molecule has 0 aliphatic heterocycles. The molecule has 0 aromatic heterocycles. The van der Waals surface area contributed by atoms with Crippen molar-refractivity contribution in [1.29, 1.82) is 0 Å². The number of carbonyl (C=O) groups is 1. The number of rotatable bonds is 8. The van der Waals surface area contributed by atoms with E-state index in [0.29, 0.717) is 5.92 Å². The van der Waals surface area contributed by atoms with Crippen LogP contribution >= 0.6 is 0 Å². The Morgan fingerprint density at radius 2 is 2.25 bits per heavy atom. The summed E-state index contributed by atoms with van der Waals surface area (Å²) in [6.45, 7) is 2.87. The second-order valence-electron chi connectivity index (χ2n) is 5.67. The maximum absolute atomic E-state index is 11.1. The first kappa shape index (κ1) is 14.9. The average molecular weight is 276 g/mol. The normalized spacial score (nSPS) is 16.4. The van der Waals surface area contributed by atoms with Crippen molar-refractivity contribution >= 4 is 5.97 Å². The van der Waals surface area contributed by atoms with E-state index in [1.807, 2.05) is 24.3 Å². The molecule has 1 saturated carbocycles. The zero-order valence-corrected chi connectivity index (χ0v) is 12.2. The van der Waals surface area contributed by atoms with Gasteiger partial charge in [0.15, 0.2) is 0 Å². The summed E-state index contributed by atoms with van der Waals surface area (Å²) in [4.78, 5) is 11.1. The van der Waals surface area contributed by atoms with Crippen LogP contribution in [0.15, 0.2) is 24.3 Å². The third-order valence-electron chi connectivity index (χ3n) is 4.17. The third-order valence-corrected chi connectivity index (χ3v) is 4.17. The van der Waals surface area contributed by atoms with Crippen LogP contribution in [0.2, 0.25) is 0 Å². The molecule has 0 amide bonds. The van der Waals surface area contributed by atoms with Crippen molar-refractivity contribution in [2.75, 3.05) is 6.61 Å². The minimum atomic E-state index is -0.709. The molecule has 0 bridgehead atoms. The van der Waals surface area contributed by atoms with Crippen LogP contribution in [0.3, 0.4) is 0 Å². The molecule has 1 aromatic carbocycles. The van der Waals surface area contributed by atoms with E-state index in [1.165, 1.54) is 6.42 Å². The van der Waals surface area contributed by atoms with Crippen LogP contribution in [0.5, 0.6) is 5.75 Å². The zero-order chi connectivity index (χ0) is 14.4. The Balaban J connectivity index is 2.07. The highest BCUT2D eigenvalue weighted by Gasteiger charge is 2.30. The van der Waals surface area contributed by atoms with E-state index >= 15 is 0 Å². The lowest BCUT2D eigenvalue weighted by Crippen LogP contribution is -2.22. The number of carboxylic acid groups (broad SMARTS) is 1. The molecule has 0 radical (unpaired) electrons. The fraction of sp³-hybridized carbons (Fsp3) is 0.588. The molecule has 1 fully saturated rings. The molecule has 2 rings (SSSR count). The number of ether oxygens (including phenoxy) is 1. The highest BCUT2D eigenvalue weighted by molar-refractivity contribution is 5.68. The Morgan fingerprint density at radius 1 is 1.45 bits per heavy atom. The topological polar surface area (TPSA) is 46.5 Å². The maximum Gasteiger partial charge on any atom is 0.303 e. The Morgan fingerprint density at radius 3 is 2.85 bits per heavy atom. The smallest absolute Gasteiger partial charge is 0.303 e. The molecule has 3 nitrogen and oxygen atoms in total. The van der Waals surface area contributed by atoms with Gasteiger partial charge in [-0.3, -0.25) is 4.79 Å². The largest absolute Gasteiger partial charge is 0.494 e. The van der Waals surface area contributed by atoms with Crippen molar-refractivity contribution in [2.45, 2.75) is 51.4 Å². The van der Waals surface area contributed by atoms with Crippen LogP contribution in [-0.4, -0.2) is 17.7 Å². The zero-order valence-electron chi connectivity index (χ0n) is 12.2. The summed E-state index contributed by atoms with van der Waals surface area (Å²) in [5.74, 6) is 0.817. The highest BCUT2D eigenvalue weighted by atomic mass is 16.5. The number of hydrogen-bond donors (Lipinski definition) is 1. The molecule has 0 spiro atoms. The maximum atomic E-state index is 11.1. The lowest BCUT2D eigenvalue weighted by Gasteiger charge is -2.33. The van der Waals surface area contributed by atoms with Crippen molar-refractivity contribution < 1.29 is 14.6 Å². The fourth-order valence-electron chi connectivity index (χ4n) is 2.76. The minimum absolute atomic E-state index is 0.135. The molecule has 0 saturated heterocycles. The summed E-state index contributed by atoms with van der Waals surface area (Å²) < 4.78 is 5.73. The number of aliphatic carboxylic acids is 1. The van der Waals surface area contributed by atoms with Crippen molar-refractivity contribution in [1.82, 2.24) is 0 Å². The predicted octanol–water partition coefficient (Wildman–Crippen LogP) is 4.22. The monoisotopic (exact) mass is 276 g/mol. The number of benzene rings is 1. The van der Waals surface area contributed by atoms with Gasteiger partial charge in [0.2, 0.25) is 0 Å². The van der Waals surface area contributed by atoms with Crippen LogP contribution in [0.1, 0.15) is 56.9 Å². The predicted molar refractivity (Wildman–Crippen MR) is 79.2 cm³/mol. The number of unbranched alkanes of at least 4 members (excludes halogenated alkanes) is 1. The molecule has 1 aromatic rings. The Bertz CT molecular complexity index is 438. The van der Waals surface area contributed by atoms with E-state index < -0.39 is 5.97 Å². The van der Waals surface area contributed by atoms with Gasteiger partial charge in [-0.05, 0) is 48.8 Å². The van der Waals surface area contributed by atoms with Gasteiger partial charge in [-0.2, -0.15) is 0 Å². The van der Waals surface area contributed by atoms with Crippen LogP contribution in [0.25, 0.3) is 0 Å². The first-order valence-electron chi connectivity index (χ1n) is 7.65. The second kappa shape index (κ2) is 7.32. The average Bonchev–Trinajstić information content (AvgIpc) is 2.36. The number of hydrogen-bond acceptors (Lipinski definition) is 2. The Labute approximate surface area is 121 Å². The van der Waals surface area contributed by atoms with Gasteiger partial charge in [0.1, 0.15) is 5.75 Å². The van der Waals surface area contributed by atoms with Crippen molar-refractivity contribution in [3.8, 4) is 5.75 Å². The van der Waals surface area contributed by atoms with E-state index in [0.717, 1.165) is 43.6 Å². The molecule has 20 heavy (non-hydrogen) atoms. The SMILES string of the molecule is CCCCOc1cccc(C(CC(=O)O)C2CCC2)c1. The van der Waals surface area contributed by atoms with Gasteiger partial charge in [0.25, 0.3) is 0 Å². The molecular formula is C17H24O3. The summed E-state index contributed by atoms with van der Waals surface area (Å²) >= 11 is 0. The van der Waals surface area contributed by atoms with Crippen molar-refractivity contribution in [2.24, 2.45) is 5.92 Å². The first-order chi connectivity index (χ1) is 9.70. The van der Waals surface area contributed by atoms with E-state index in [4.69, 9.17) is 9.84 Å². The molecule has 0 heterocycles. The summed E-state index contributed by atoms with van der Waals surface area (Å²) in [6, 6.07) is 8.00. The van der Waals surface area contributed by atoms with E-state index in [9.17, 15) is 4.79 Å². The van der Waals surface area contributed by atoms with E-state index in [1.54, 1.807) is 0 Å². The van der Waals surface area contributed by atoms with Gasteiger partial charge in [0, 0.05) is 0 Å². The van der Waals surface area contributed by atoms with Gasteiger partial charge < -0.3 is 9.84 Å². The molecule has 1 N–H and O–H groups in total. The molecule has 1 unspecified atom stereocenters. The van der Waals surface area contributed by atoms with Crippen LogP contribution in [0.4, 0.5) is 0 Å². The molecule has 1 aliphatic carbocycles. The first-order valence-corrected chi connectivity index (χ1v) is 7.65. The van der Waals surface area contributed by atoms with Gasteiger partial charge >= 0.3 is 5.97 Å². The summed E-state index contributed by atoms with van der Waals surface area (Å²) in [5.41, 5.74) is 1.12. The standard InChI is InChI=1S/C17H24O3/c1-2-3-10-20-15-9-5-8-14(11-15)16(12-17(18)19)13-6-4-7-13/h5,8-9,11,13,16H,2-4,6-7,10,12H2,1H3,(H,18,19). The quantitative estimate of drug-likeness (QED) is 0.723. The van der Waals surface area contributed by atoms with Crippen LogP contribution in [0, 0.1) is 5.92 Å². The third kappa shape index (κ3) is 3.99. The Hall–Kier alpha value is -1.51. The fourth-order valence-corrected chi connectivity index (χ4v) is 2.76. The van der Waals surface area contributed by atoms with Gasteiger partial charge in [-0.15, -0.1) is 0 Å². The molecule has 110 valence electrons. The lowest BCUT2D eigenvalue weighted by molar-refractivity contribution is -0.138. The lowest BCUT2D eigenvalue weighted by atomic mass is 9.72. The van der Waals surface area contributed by atoms with Gasteiger partial charge in [0.05, 0.1) is 13.0 Å². The molecular weight excluding hydrogens is 252 g/mol. The second-order valence-corrected chi connectivity index (χ2v) is 5.67. The summed E-state index contributed by atoms with van der Waals surface area (Å²) in [5, 5.41) is 9.13. The molecule has 3 heteroatoms. The number of carboxylic acids is 1. The van der Waals surface area contributed by atoms with Crippen LogP contribution in [-0.2, 0) is 4.79 Å². The van der Waals surface area contributed by atoms with Crippen molar-refractivity contribution in [3.63, 3.8) is 0 Å². The Kier molecular flexibility index (Phi) is 5.45. The highest BCUT2D eigenvalue weighted by Crippen LogP contribution is 2.41. The summed E-state index contributed by atoms with van der Waals surface area (Å²) in [6.07, 6.45) is 5.92. The molecule has 1 atom stereocenters. The van der Waals surface area contributed by atoms with Crippen molar-refractivity contribution in [3.05, 3.63) is 29.8 Å². The summed E-state index contributed by atoms with van der Waals surface area (Å²) in [7, 11) is 0. The van der Waals surface area contributed by atoms with Gasteiger partial charge in [-0.1, -0.05) is 31.9 Å². The minimum Gasteiger partial charge on any atom is -0.494 e. The van der Waals surface area contributed by atoms with Crippen LogP contribution < -0.4 is 4.74 Å².